The molecule has 3 rings (SSSR count). The van der Waals surface area contributed by atoms with Crippen molar-refractivity contribution >= 4 is 5.96 Å². The number of aliphatic imine (C=N–C) groups is 1. The number of nitrogens with zero attached hydrogens (tertiary/aromatic N) is 3. The first-order chi connectivity index (χ1) is 12.5. The fourth-order valence-electron chi connectivity index (χ4n) is 3.85. The summed E-state index contributed by atoms with van der Waals surface area (Å²) in [5.41, 5.74) is 1.45. The molecule has 0 aromatic heterocycles. The van der Waals surface area contributed by atoms with Crippen molar-refractivity contribution in [2.75, 3.05) is 53.0 Å². The van der Waals surface area contributed by atoms with Gasteiger partial charge in [0.25, 0.3) is 0 Å². The SMILES string of the molecule is CN=C(NCC(c1ccc(F)cc1)N1CCOCC1)N1CCC(C)(C)C1. The highest BCUT2D eigenvalue weighted by atomic mass is 19.1. The Hall–Kier alpha value is -1.66. The van der Waals surface area contributed by atoms with Gasteiger partial charge in [0.2, 0.25) is 0 Å². The summed E-state index contributed by atoms with van der Waals surface area (Å²) in [5, 5.41) is 3.56. The number of guanidine groups is 1. The molecule has 2 fully saturated rings. The number of hydrogen-bond donors (Lipinski definition) is 1. The molecule has 0 aliphatic carbocycles. The van der Waals surface area contributed by atoms with Gasteiger partial charge in [-0.05, 0) is 29.5 Å². The van der Waals surface area contributed by atoms with E-state index in [1.807, 2.05) is 19.2 Å². The lowest BCUT2D eigenvalue weighted by Crippen LogP contribution is -2.47. The van der Waals surface area contributed by atoms with Crippen molar-refractivity contribution in [1.82, 2.24) is 15.1 Å². The van der Waals surface area contributed by atoms with E-state index in [4.69, 9.17) is 4.74 Å². The molecule has 0 amide bonds. The minimum absolute atomic E-state index is 0.173. The van der Waals surface area contributed by atoms with Gasteiger partial charge in [-0.15, -0.1) is 0 Å². The van der Waals surface area contributed by atoms with E-state index < -0.39 is 0 Å². The van der Waals surface area contributed by atoms with Crippen LogP contribution in [0.1, 0.15) is 31.9 Å². The largest absolute Gasteiger partial charge is 0.379 e. The number of benzene rings is 1. The standard InChI is InChI=1S/C20H31FN4O/c1-20(2)8-9-25(15-20)19(22-3)23-14-18(24-10-12-26-13-11-24)16-4-6-17(21)7-5-16/h4-7,18H,8-15H2,1-3H3,(H,22,23). The smallest absolute Gasteiger partial charge is 0.193 e. The highest BCUT2D eigenvalue weighted by molar-refractivity contribution is 5.80. The molecule has 1 N–H and O–H groups in total. The van der Waals surface area contributed by atoms with Gasteiger partial charge in [0.05, 0.1) is 19.3 Å². The summed E-state index contributed by atoms with van der Waals surface area (Å²) in [6, 6.07) is 7.03. The highest BCUT2D eigenvalue weighted by Gasteiger charge is 2.31. The first-order valence-electron chi connectivity index (χ1n) is 9.51. The van der Waals surface area contributed by atoms with E-state index in [0.29, 0.717) is 5.41 Å². The summed E-state index contributed by atoms with van der Waals surface area (Å²) in [6.45, 7) is 10.7. The summed E-state index contributed by atoms with van der Waals surface area (Å²) in [6.07, 6.45) is 1.18. The Morgan fingerprint density at radius 3 is 2.50 bits per heavy atom. The molecule has 1 aromatic carbocycles. The molecular weight excluding hydrogens is 331 g/mol. The summed E-state index contributed by atoms with van der Waals surface area (Å²) in [7, 11) is 1.84. The second-order valence-corrected chi connectivity index (χ2v) is 7.98. The topological polar surface area (TPSA) is 40.1 Å². The van der Waals surface area contributed by atoms with E-state index in [2.05, 4.69) is 34.0 Å². The van der Waals surface area contributed by atoms with Crippen LogP contribution in [0.3, 0.4) is 0 Å². The summed E-state index contributed by atoms with van der Waals surface area (Å²) in [5.74, 6) is 0.758. The van der Waals surface area contributed by atoms with E-state index in [1.54, 1.807) is 12.1 Å². The van der Waals surface area contributed by atoms with Crippen molar-refractivity contribution in [3.8, 4) is 0 Å². The van der Waals surface area contributed by atoms with Gasteiger partial charge in [0, 0.05) is 39.8 Å². The van der Waals surface area contributed by atoms with Crippen LogP contribution < -0.4 is 5.32 Å². The third-order valence-corrected chi connectivity index (χ3v) is 5.38. The van der Waals surface area contributed by atoms with Gasteiger partial charge in [-0.25, -0.2) is 4.39 Å². The first kappa shape index (κ1) is 19.1. The normalized spacial score (nSPS) is 22.5. The molecule has 2 saturated heterocycles. The second-order valence-electron chi connectivity index (χ2n) is 7.98. The molecule has 2 aliphatic heterocycles. The van der Waals surface area contributed by atoms with Crippen molar-refractivity contribution in [2.24, 2.45) is 10.4 Å². The lowest BCUT2D eigenvalue weighted by atomic mass is 9.93. The lowest BCUT2D eigenvalue weighted by molar-refractivity contribution is 0.0169. The molecule has 0 saturated carbocycles. The van der Waals surface area contributed by atoms with Gasteiger partial charge in [-0.2, -0.15) is 0 Å². The molecule has 1 unspecified atom stereocenters. The molecule has 26 heavy (non-hydrogen) atoms. The van der Waals surface area contributed by atoms with Gasteiger partial charge in [-0.1, -0.05) is 26.0 Å². The Balaban J connectivity index is 1.69. The Kier molecular flexibility index (Phi) is 6.14. The minimum atomic E-state index is -0.197. The molecule has 6 heteroatoms. The van der Waals surface area contributed by atoms with Crippen molar-refractivity contribution < 1.29 is 9.13 Å². The lowest BCUT2D eigenvalue weighted by Gasteiger charge is -2.35. The third-order valence-electron chi connectivity index (χ3n) is 5.38. The van der Waals surface area contributed by atoms with Crippen LogP contribution in [-0.2, 0) is 4.74 Å². The predicted octanol–water partition coefficient (Wildman–Crippen LogP) is 2.51. The minimum Gasteiger partial charge on any atom is -0.379 e. The third kappa shape index (κ3) is 4.74. The quantitative estimate of drug-likeness (QED) is 0.660. The van der Waals surface area contributed by atoms with Crippen molar-refractivity contribution in [3.63, 3.8) is 0 Å². The molecule has 0 radical (unpaired) electrons. The monoisotopic (exact) mass is 362 g/mol. The maximum absolute atomic E-state index is 13.4. The molecule has 5 nitrogen and oxygen atoms in total. The van der Waals surface area contributed by atoms with E-state index >= 15 is 0 Å². The number of morpholine rings is 1. The maximum atomic E-state index is 13.4. The van der Waals surface area contributed by atoms with Gasteiger partial charge >= 0.3 is 0 Å². The van der Waals surface area contributed by atoms with Crippen LogP contribution in [0.15, 0.2) is 29.3 Å². The number of hydrogen-bond acceptors (Lipinski definition) is 3. The van der Waals surface area contributed by atoms with Gasteiger partial charge in [0.15, 0.2) is 5.96 Å². The average molecular weight is 362 g/mol. The fraction of sp³-hybridized carbons (Fsp3) is 0.650. The molecular formula is C20H31FN4O. The van der Waals surface area contributed by atoms with Gasteiger partial charge < -0.3 is 15.0 Å². The highest BCUT2D eigenvalue weighted by Crippen LogP contribution is 2.29. The zero-order valence-electron chi connectivity index (χ0n) is 16.2. The molecule has 1 atom stereocenters. The van der Waals surface area contributed by atoms with E-state index in [1.165, 1.54) is 6.42 Å². The Morgan fingerprint density at radius 1 is 1.23 bits per heavy atom. The van der Waals surface area contributed by atoms with Crippen LogP contribution in [0.5, 0.6) is 0 Å². The molecule has 1 aromatic rings. The Morgan fingerprint density at radius 2 is 1.92 bits per heavy atom. The van der Waals surface area contributed by atoms with Crippen LogP contribution >= 0.6 is 0 Å². The van der Waals surface area contributed by atoms with Gasteiger partial charge in [0.1, 0.15) is 5.82 Å². The Bertz CT molecular complexity index is 611. The fourth-order valence-corrected chi connectivity index (χ4v) is 3.85. The van der Waals surface area contributed by atoms with E-state index in [-0.39, 0.29) is 11.9 Å². The summed E-state index contributed by atoms with van der Waals surface area (Å²) < 4.78 is 18.9. The van der Waals surface area contributed by atoms with Crippen molar-refractivity contribution in [2.45, 2.75) is 26.3 Å². The zero-order chi connectivity index (χ0) is 18.6. The van der Waals surface area contributed by atoms with E-state index in [9.17, 15) is 4.39 Å². The van der Waals surface area contributed by atoms with Crippen molar-refractivity contribution in [3.05, 3.63) is 35.6 Å². The number of halogens is 1. The number of ether oxygens (including phenoxy) is 1. The van der Waals surface area contributed by atoms with Crippen LogP contribution in [0.2, 0.25) is 0 Å². The van der Waals surface area contributed by atoms with Crippen LogP contribution in [-0.4, -0.2) is 68.7 Å². The van der Waals surface area contributed by atoms with Crippen LogP contribution in [0.4, 0.5) is 4.39 Å². The average Bonchev–Trinajstić information content (AvgIpc) is 3.00. The first-order valence-corrected chi connectivity index (χ1v) is 9.51. The second kappa shape index (κ2) is 8.35. The molecule has 0 bridgehead atoms. The number of nitrogens with one attached hydrogen (secondary N) is 1. The van der Waals surface area contributed by atoms with Crippen molar-refractivity contribution in [1.29, 1.82) is 0 Å². The summed E-state index contributed by atoms with van der Waals surface area (Å²) in [4.78, 5) is 9.23. The molecule has 0 spiro atoms. The van der Waals surface area contributed by atoms with E-state index in [0.717, 1.165) is 57.5 Å². The Labute approximate surface area is 156 Å². The van der Waals surface area contributed by atoms with Crippen LogP contribution in [0.25, 0.3) is 0 Å². The molecule has 2 aliphatic rings. The molecule has 144 valence electrons. The zero-order valence-corrected chi connectivity index (χ0v) is 16.2. The summed E-state index contributed by atoms with van der Waals surface area (Å²) >= 11 is 0. The van der Waals surface area contributed by atoms with Gasteiger partial charge in [-0.3, -0.25) is 9.89 Å². The van der Waals surface area contributed by atoms with Crippen LogP contribution in [0, 0.1) is 11.2 Å². The number of rotatable bonds is 4. The predicted molar refractivity (Wildman–Crippen MR) is 103 cm³/mol. The maximum Gasteiger partial charge on any atom is 0.193 e. The number of likely N-dealkylation sites (tertiary alicyclic amines) is 1. The molecule has 2 heterocycles.